The van der Waals surface area contributed by atoms with Crippen LogP contribution >= 0.6 is 22.6 Å². The van der Waals surface area contributed by atoms with Gasteiger partial charge in [0.2, 0.25) is 0 Å². The Morgan fingerprint density at radius 3 is 2.36 bits per heavy atom. The van der Waals surface area contributed by atoms with Crippen LogP contribution in [-0.4, -0.2) is 5.78 Å². The molecule has 0 unspecified atom stereocenters. The molecule has 76 valence electrons. The molecule has 0 spiro atoms. The van der Waals surface area contributed by atoms with Gasteiger partial charge >= 0.3 is 0 Å². The van der Waals surface area contributed by atoms with E-state index in [1.165, 1.54) is 3.57 Å². The Hall–Kier alpha value is -0.380. The minimum atomic E-state index is 0.334. The normalized spacial score (nSPS) is 10.6. The van der Waals surface area contributed by atoms with E-state index >= 15 is 0 Å². The van der Waals surface area contributed by atoms with Gasteiger partial charge in [-0.25, -0.2) is 0 Å². The molecule has 0 aliphatic carbocycles. The molecule has 0 bridgehead atoms. The van der Waals surface area contributed by atoms with Crippen molar-refractivity contribution in [1.82, 2.24) is 0 Å². The molecule has 14 heavy (non-hydrogen) atoms. The van der Waals surface area contributed by atoms with Crippen molar-refractivity contribution >= 4 is 28.4 Å². The summed E-state index contributed by atoms with van der Waals surface area (Å²) in [6.45, 7) is 4.15. The Morgan fingerprint density at radius 2 is 1.86 bits per heavy atom. The van der Waals surface area contributed by atoms with E-state index in [0.717, 1.165) is 5.56 Å². The first kappa shape index (κ1) is 11.7. The van der Waals surface area contributed by atoms with Gasteiger partial charge in [-0.1, -0.05) is 26.0 Å². The van der Waals surface area contributed by atoms with Crippen molar-refractivity contribution in [2.24, 2.45) is 5.92 Å². The highest BCUT2D eigenvalue weighted by molar-refractivity contribution is 14.1. The molecular weight excluding hydrogens is 287 g/mol. The maximum absolute atomic E-state index is 11.5. The highest BCUT2D eigenvalue weighted by atomic mass is 127. The van der Waals surface area contributed by atoms with Crippen molar-refractivity contribution in [2.45, 2.75) is 26.7 Å². The summed E-state index contributed by atoms with van der Waals surface area (Å²) in [6, 6.07) is 8.14. The highest BCUT2D eigenvalue weighted by Crippen LogP contribution is 2.10. The number of ketones is 1. The summed E-state index contributed by atoms with van der Waals surface area (Å²) in [5.41, 5.74) is 1.12. The second-order valence-electron chi connectivity index (χ2n) is 3.94. The smallest absolute Gasteiger partial charge is 0.137 e. The molecule has 0 fully saturated rings. The van der Waals surface area contributed by atoms with Gasteiger partial charge in [-0.2, -0.15) is 0 Å². The molecule has 0 aliphatic heterocycles. The monoisotopic (exact) mass is 302 g/mol. The van der Waals surface area contributed by atoms with E-state index in [-0.39, 0.29) is 0 Å². The van der Waals surface area contributed by atoms with E-state index in [2.05, 4.69) is 36.4 Å². The number of benzene rings is 1. The van der Waals surface area contributed by atoms with Crippen molar-refractivity contribution in [2.75, 3.05) is 0 Å². The molecule has 0 saturated carbocycles. The van der Waals surface area contributed by atoms with Gasteiger partial charge in [-0.3, -0.25) is 4.79 Å². The number of hydrogen-bond donors (Lipinski definition) is 0. The topological polar surface area (TPSA) is 17.1 Å². The maximum atomic E-state index is 11.5. The molecule has 1 rings (SSSR count). The number of halogens is 1. The average molecular weight is 302 g/mol. The summed E-state index contributed by atoms with van der Waals surface area (Å²) in [5, 5.41) is 0. The predicted molar refractivity (Wildman–Crippen MR) is 67.3 cm³/mol. The van der Waals surface area contributed by atoms with Gasteiger partial charge in [0.15, 0.2) is 0 Å². The lowest BCUT2D eigenvalue weighted by molar-refractivity contribution is -0.119. The van der Waals surface area contributed by atoms with Crippen LogP contribution in [0.15, 0.2) is 24.3 Å². The molecule has 1 nitrogen and oxygen atoms in total. The molecule has 0 aromatic heterocycles. The van der Waals surface area contributed by atoms with Crippen LogP contribution in [0.1, 0.15) is 25.8 Å². The number of rotatable bonds is 4. The Labute approximate surface area is 99.0 Å². The number of hydrogen-bond acceptors (Lipinski definition) is 1. The molecule has 0 atom stereocenters. The molecule has 2 heteroatoms. The Bertz CT molecular complexity index is 301. The van der Waals surface area contributed by atoms with Gasteiger partial charge in [0.05, 0.1) is 0 Å². The zero-order chi connectivity index (χ0) is 10.6. The van der Waals surface area contributed by atoms with Crippen molar-refractivity contribution in [1.29, 1.82) is 0 Å². The van der Waals surface area contributed by atoms with Crippen LogP contribution in [-0.2, 0) is 11.2 Å². The van der Waals surface area contributed by atoms with Crippen LogP contribution in [0, 0.1) is 9.49 Å². The Morgan fingerprint density at radius 1 is 1.29 bits per heavy atom. The third-order valence-corrected chi connectivity index (χ3v) is 2.67. The third kappa shape index (κ3) is 4.22. The summed E-state index contributed by atoms with van der Waals surface area (Å²) in [7, 11) is 0. The van der Waals surface area contributed by atoms with Crippen molar-refractivity contribution < 1.29 is 4.79 Å². The van der Waals surface area contributed by atoms with E-state index in [1.54, 1.807) is 0 Å². The van der Waals surface area contributed by atoms with E-state index in [4.69, 9.17) is 0 Å². The molecule has 0 N–H and O–H groups in total. The zero-order valence-corrected chi connectivity index (χ0v) is 10.7. The van der Waals surface area contributed by atoms with E-state index in [9.17, 15) is 4.79 Å². The van der Waals surface area contributed by atoms with Gasteiger partial charge in [-0.05, 0) is 46.2 Å². The number of Topliss-reactive ketones (excluding diaryl/α,β-unsaturated/α-hetero) is 1. The Kier molecular flexibility index (Phi) is 4.58. The number of carbonyl (C=O) groups is 1. The lowest BCUT2D eigenvalue weighted by atomic mass is 10.0. The van der Waals surface area contributed by atoms with Crippen molar-refractivity contribution in [3.8, 4) is 0 Å². The highest BCUT2D eigenvalue weighted by Gasteiger charge is 2.05. The van der Waals surface area contributed by atoms with Gasteiger partial charge in [-0.15, -0.1) is 0 Å². The first-order valence-electron chi connectivity index (χ1n) is 4.84. The predicted octanol–water partition coefficient (Wildman–Crippen LogP) is 3.45. The van der Waals surface area contributed by atoms with Crippen LogP contribution in [0.3, 0.4) is 0 Å². The lowest BCUT2D eigenvalue weighted by Crippen LogP contribution is -2.06. The van der Waals surface area contributed by atoms with Crippen LogP contribution in [0.25, 0.3) is 0 Å². The van der Waals surface area contributed by atoms with Crippen LogP contribution in [0.2, 0.25) is 0 Å². The molecule has 0 radical (unpaired) electrons. The lowest BCUT2D eigenvalue weighted by Gasteiger charge is -2.03. The van der Waals surface area contributed by atoms with E-state index in [1.807, 2.05) is 24.3 Å². The second kappa shape index (κ2) is 5.49. The summed E-state index contributed by atoms with van der Waals surface area (Å²) >= 11 is 2.27. The van der Waals surface area contributed by atoms with Gasteiger partial charge in [0, 0.05) is 16.4 Å². The molecule has 0 amide bonds. The maximum Gasteiger partial charge on any atom is 0.137 e. The molecular formula is C12H15IO. The molecule has 1 aromatic rings. The largest absolute Gasteiger partial charge is 0.299 e. The Balaban J connectivity index is 2.52. The fraction of sp³-hybridized carbons (Fsp3) is 0.417. The van der Waals surface area contributed by atoms with E-state index in [0.29, 0.717) is 24.5 Å². The molecule has 1 aromatic carbocycles. The van der Waals surface area contributed by atoms with Gasteiger partial charge in [0.1, 0.15) is 5.78 Å². The van der Waals surface area contributed by atoms with E-state index < -0.39 is 0 Å². The first-order valence-corrected chi connectivity index (χ1v) is 5.92. The quantitative estimate of drug-likeness (QED) is 0.779. The van der Waals surface area contributed by atoms with Gasteiger partial charge in [0.25, 0.3) is 0 Å². The summed E-state index contributed by atoms with van der Waals surface area (Å²) in [4.78, 5) is 11.5. The minimum Gasteiger partial charge on any atom is -0.299 e. The van der Waals surface area contributed by atoms with Crippen LogP contribution < -0.4 is 0 Å². The van der Waals surface area contributed by atoms with Crippen LogP contribution in [0.5, 0.6) is 0 Å². The first-order chi connectivity index (χ1) is 6.58. The summed E-state index contributed by atoms with van der Waals surface area (Å²) < 4.78 is 1.21. The number of carbonyl (C=O) groups excluding carboxylic acids is 1. The fourth-order valence-electron chi connectivity index (χ4n) is 1.36. The summed E-state index contributed by atoms with van der Waals surface area (Å²) in [5.74, 6) is 0.799. The molecule has 0 heterocycles. The third-order valence-electron chi connectivity index (χ3n) is 1.95. The molecule has 0 aliphatic rings. The van der Waals surface area contributed by atoms with Crippen molar-refractivity contribution in [3.63, 3.8) is 0 Å². The fourth-order valence-corrected chi connectivity index (χ4v) is 1.72. The average Bonchev–Trinajstić information content (AvgIpc) is 2.07. The SMILES string of the molecule is CC(C)CC(=O)Cc1ccc(I)cc1. The van der Waals surface area contributed by atoms with Crippen LogP contribution in [0.4, 0.5) is 0 Å². The minimum absolute atomic E-state index is 0.334. The van der Waals surface area contributed by atoms with Gasteiger partial charge < -0.3 is 0 Å². The molecule has 0 saturated heterocycles. The second-order valence-corrected chi connectivity index (χ2v) is 5.19. The van der Waals surface area contributed by atoms with Crippen molar-refractivity contribution in [3.05, 3.63) is 33.4 Å². The zero-order valence-electron chi connectivity index (χ0n) is 8.59. The summed E-state index contributed by atoms with van der Waals surface area (Å²) in [6.07, 6.45) is 1.26. The standard InChI is InChI=1S/C12H15IO/c1-9(2)7-12(14)8-10-3-5-11(13)6-4-10/h3-6,9H,7-8H2,1-2H3.